The van der Waals surface area contributed by atoms with Crippen LogP contribution in [0.25, 0.3) is 22.5 Å². The minimum Gasteiger partial charge on any atom is -0.464 e. The van der Waals surface area contributed by atoms with Crippen molar-refractivity contribution < 1.29 is 14.5 Å². The van der Waals surface area contributed by atoms with E-state index in [9.17, 15) is 10.0 Å². The first-order valence-electron chi connectivity index (χ1n) is 6.35. The van der Waals surface area contributed by atoms with Crippen molar-refractivity contribution in [2.75, 3.05) is 0 Å². The predicted molar refractivity (Wildman–Crippen MR) is 79.4 cm³/mol. The first-order valence-corrected chi connectivity index (χ1v) is 6.35. The van der Waals surface area contributed by atoms with Crippen molar-refractivity contribution in [2.24, 2.45) is 0 Å². The zero-order valence-corrected chi connectivity index (χ0v) is 10.7. The van der Waals surface area contributed by atoms with Gasteiger partial charge in [0.1, 0.15) is 5.76 Å². The predicted octanol–water partition coefficient (Wildman–Crippen LogP) is 2.29. The number of rotatable bonds is 3. The zero-order valence-electron chi connectivity index (χ0n) is 10.7. The van der Waals surface area contributed by atoms with Gasteiger partial charge in [-0.1, -0.05) is 60.7 Å². The van der Waals surface area contributed by atoms with Gasteiger partial charge in [0.15, 0.2) is 0 Å². The molecule has 0 aliphatic heterocycles. The minimum atomic E-state index is -1.56. The molecule has 2 N–H and O–H groups in total. The van der Waals surface area contributed by atoms with Gasteiger partial charge in [-0.25, -0.2) is 0 Å². The van der Waals surface area contributed by atoms with Gasteiger partial charge in [-0.2, -0.15) is 0 Å². The molecule has 3 rings (SSSR count). The molecule has 3 aromatic rings. The first-order chi connectivity index (χ1) is 9.77. The SMILES string of the molecule is OB(O)c1coc(-c2ccccc2)c1-c1ccccc1. The molecule has 0 saturated carbocycles. The largest absolute Gasteiger partial charge is 0.492 e. The van der Waals surface area contributed by atoms with E-state index < -0.39 is 7.12 Å². The molecule has 0 aliphatic carbocycles. The van der Waals surface area contributed by atoms with Gasteiger partial charge >= 0.3 is 7.12 Å². The Morgan fingerprint density at radius 3 is 1.85 bits per heavy atom. The van der Waals surface area contributed by atoms with E-state index >= 15 is 0 Å². The topological polar surface area (TPSA) is 53.6 Å². The second-order valence-corrected chi connectivity index (χ2v) is 4.50. The van der Waals surface area contributed by atoms with Gasteiger partial charge in [0.2, 0.25) is 0 Å². The van der Waals surface area contributed by atoms with Crippen molar-refractivity contribution >= 4 is 12.6 Å². The summed E-state index contributed by atoms with van der Waals surface area (Å²) < 4.78 is 5.58. The molecular formula is C16H13BO3. The summed E-state index contributed by atoms with van der Waals surface area (Å²) in [6, 6.07) is 19.2. The average molecular weight is 264 g/mol. The fraction of sp³-hybridized carbons (Fsp3) is 0. The fourth-order valence-electron chi connectivity index (χ4n) is 2.27. The molecule has 1 aromatic heterocycles. The van der Waals surface area contributed by atoms with Crippen molar-refractivity contribution in [3.05, 3.63) is 66.9 Å². The lowest BCUT2D eigenvalue weighted by Crippen LogP contribution is -2.30. The number of benzene rings is 2. The summed E-state index contributed by atoms with van der Waals surface area (Å²) in [5, 5.41) is 19.0. The molecule has 4 heteroatoms. The molecule has 0 saturated heterocycles. The van der Waals surface area contributed by atoms with Crippen LogP contribution in [0, 0.1) is 0 Å². The van der Waals surface area contributed by atoms with Crippen molar-refractivity contribution in [1.29, 1.82) is 0 Å². The molecule has 98 valence electrons. The zero-order chi connectivity index (χ0) is 13.9. The maximum atomic E-state index is 9.52. The number of hydrogen-bond acceptors (Lipinski definition) is 3. The molecule has 0 atom stereocenters. The van der Waals surface area contributed by atoms with Crippen LogP contribution in [0.4, 0.5) is 0 Å². The molecule has 0 fully saturated rings. The standard InChI is InChI=1S/C16H13BO3/c18-17(19)14-11-20-16(13-9-5-2-6-10-13)15(14)12-7-3-1-4-8-12/h1-11,18-19H. The lowest BCUT2D eigenvalue weighted by molar-refractivity contribution is 0.425. The molecule has 0 bridgehead atoms. The minimum absolute atomic E-state index is 0.370. The van der Waals surface area contributed by atoms with Crippen LogP contribution in [-0.4, -0.2) is 17.2 Å². The van der Waals surface area contributed by atoms with E-state index in [0.29, 0.717) is 16.8 Å². The summed E-state index contributed by atoms with van der Waals surface area (Å²) in [5.41, 5.74) is 2.88. The van der Waals surface area contributed by atoms with E-state index in [0.717, 1.165) is 11.1 Å². The Morgan fingerprint density at radius 2 is 1.30 bits per heavy atom. The van der Waals surface area contributed by atoms with Crippen molar-refractivity contribution in [3.63, 3.8) is 0 Å². The third-order valence-electron chi connectivity index (χ3n) is 3.20. The van der Waals surface area contributed by atoms with E-state index in [4.69, 9.17) is 4.42 Å². The molecule has 0 radical (unpaired) electrons. The van der Waals surface area contributed by atoms with E-state index in [2.05, 4.69) is 0 Å². The summed E-state index contributed by atoms with van der Waals surface area (Å²) in [6.45, 7) is 0. The molecule has 2 aromatic carbocycles. The van der Waals surface area contributed by atoms with Crippen LogP contribution in [0.5, 0.6) is 0 Å². The normalized spacial score (nSPS) is 10.5. The Balaban J connectivity index is 2.22. The van der Waals surface area contributed by atoms with E-state index in [1.165, 1.54) is 6.26 Å². The van der Waals surface area contributed by atoms with Crippen LogP contribution in [0.1, 0.15) is 0 Å². The highest BCUT2D eigenvalue weighted by atomic mass is 16.4. The maximum absolute atomic E-state index is 9.52. The van der Waals surface area contributed by atoms with Gasteiger partial charge in [0.05, 0.1) is 6.26 Å². The van der Waals surface area contributed by atoms with E-state index in [1.54, 1.807) is 0 Å². The maximum Gasteiger partial charge on any atom is 0.492 e. The average Bonchev–Trinajstić information content (AvgIpc) is 2.94. The Labute approximate surface area is 117 Å². The summed E-state index contributed by atoms with van der Waals surface area (Å²) in [4.78, 5) is 0. The first kappa shape index (κ1) is 12.7. The highest BCUT2D eigenvalue weighted by molar-refractivity contribution is 6.60. The second-order valence-electron chi connectivity index (χ2n) is 4.50. The molecule has 3 nitrogen and oxygen atoms in total. The monoisotopic (exact) mass is 264 g/mol. The third kappa shape index (κ3) is 2.27. The summed E-state index contributed by atoms with van der Waals surface area (Å²) in [7, 11) is -1.56. The summed E-state index contributed by atoms with van der Waals surface area (Å²) in [5.74, 6) is 0.639. The van der Waals surface area contributed by atoms with Gasteiger partial charge in [0.25, 0.3) is 0 Å². The quantitative estimate of drug-likeness (QED) is 0.713. The van der Waals surface area contributed by atoms with E-state index in [1.807, 2.05) is 60.7 Å². The molecule has 1 heterocycles. The van der Waals surface area contributed by atoms with Gasteiger partial charge in [-0.15, -0.1) is 0 Å². The van der Waals surface area contributed by atoms with Gasteiger partial charge in [-0.05, 0) is 5.56 Å². The van der Waals surface area contributed by atoms with Crippen LogP contribution in [-0.2, 0) is 0 Å². The lowest BCUT2D eigenvalue weighted by atomic mass is 9.77. The lowest BCUT2D eigenvalue weighted by Gasteiger charge is -2.06. The van der Waals surface area contributed by atoms with Crippen LogP contribution in [0.3, 0.4) is 0 Å². The fourth-order valence-corrected chi connectivity index (χ4v) is 2.27. The van der Waals surface area contributed by atoms with Gasteiger partial charge in [0, 0.05) is 16.6 Å². The third-order valence-corrected chi connectivity index (χ3v) is 3.20. The number of furan rings is 1. The summed E-state index contributed by atoms with van der Waals surface area (Å²) >= 11 is 0. The van der Waals surface area contributed by atoms with Crippen LogP contribution < -0.4 is 5.46 Å². The molecule has 20 heavy (non-hydrogen) atoms. The molecular weight excluding hydrogens is 251 g/mol. The number of hydrogen-bond donors (Lipinski definition) is 2. The molecule has 0 aliphatic rings. The van der Waals surface area contributed by atoms with Crippen molar-refractivity contribution in [1.82, 2.24) is 0 Å². The van der Waals surface area contributed by atoms with Crippen molar-refractivity contribution in [2.45, 2.75) is 0 Å². The molecule has 0 amide bonds. The van der Waals surface area contributed by atoms with E-state index in [-0.39, 0.29) is 0 Å². The van der Waals surface area contributed by atoms with Crippen LogP contribution in [0.15, 0.2) is 71.3 Å². The van der Waals surface area contributed by atoms with Gasteiger partial charge in [-0.3, -0.25) is 0 Å². The van der Waals surface area contributed by atoms with Crippen molar-refractivity contribution in [3.8, 4) is 22.5 Å². The Morgan fingerprint density at radius 1 is 0.750 bits per heavy atom. The Bertz CT molecular complexity index is 690. The van der Waals surface area contributed by atoms with Gasteiger partial charge < -0.3 is 14.5 Å². The van der Waals surface area contributed by atoms with Crippen LogP contribution in [0.2, 0.25) is 0 Å². The Hall–Kier alpha value is -2.30. The highest BCUT2D eigenvalue weighted by Gasteiger charge is 2.24. The highest BCUT2D eigenvalue weighted by Crippen LogP contribution is 2.31. The molecule has 0 spiro atoms. The second kappa shape index (κ2) is 5.37. The smallest absolute Gasteiger partial charge is 0.464 e. The Kier molecular flexibility index (Phi) is 3.42. The molecule has 0 unspecified atom stereocenters. The summed E-state index contributed by atoms with van der Waals surface area (Å²) in [6.07, 6.45) is 1.40. The van der Waals surface area contributed by atoms with Crippen LogP contribution >= 0.6 is 0 Å².